The molecule has 0 saturated carbocycles. The minimum atomic E-state index is -0.251. The van der Waals surface area contributed by atoms with E-state index in [4.69, 9.17) is 23.2 Å². The second-order valence-corrected chi connectivity index (χ2v) is 4.99. The van der Waals surface area contributed by atoms with E-state index in [-0.39, 0.29) is 5.82 Å². The Morgan fingerprint density at radius 3 is 2.82 bits per heavy atom. The number of halogens is 3. The summed E-state index contributed by atoms with van der Waals surface area (Å²) in [6.07, 6.45) is 2.13. The zero-order valence-electron chi connectivity index (χ0n) is 9.98. The molecule has 1 N–H and O–H groups in total. The Labute approximate surface area is 112 Å². The topological polar surface area (TPSA) is 12.0 Å². The van der Waals surface area contributed by atoms with E-state index in [1.54, 1.807) is 12.1 Å². The molecule has 0 aliphatic rings. The van der Waals surface area contributed by atoms with Crippen LogP contribution < -0.4 is 5.32 Å². The van der Waals surface area contributed by atoms with Crippen molar-refractivity contribution in [1.82, 2.24) is 5.32 Å². The van der Waals surface area contributed by atoms with Crippen LogP contribution in [0.25, 0.3) is 0 Å². The maximum Gasteiger partial charge on any atom is 0.129 e. The molecular weight excluding hydrogens is 260 g/mol. The first kappa shape index (κ1) is 14.7. The van der Waals surface area contributed by atoms with Gasteiger partial charge in [-0.15, -0.1) is 11.6 Å². The normalized spacial score (nSPS) is 12.7. The summed E-state index contributed by atoms with van der Waals surface area (Å²) in [4.78, 5) is 0. The molecule has 0 aliphatic heterocycles. The van der Waals surface area contributed by atoms with Crippen molar-refractivity contribution in [1.29, 1.82) is 0 Å². The van der Waals surface area contributed by atoms with Gasteiger partial charge in [0.2, 0.25) is 0 Å². The van der Waals surface area contributed by atoms with E-state index >= 15 is 0 Å². The van der Waals surface area contributed by atoms with E-state index < -0.39 is 0 Å². The fourth-order valence-corrected chi connectivity index (χ4v) is 1.95. The molecule has 0 saturated heterocycles. The van der Waals surface area contributed by atoms with Gasteiger partial charge < -0.3 is 5.32 Å². The maximum atomic E-state index is 13.4. The predicted molar refractivity (Wildman–Crippen MR) is 72.2 cm³/mol. The van der Waals surface area contributed by atoms with E-state index in [2.05, 4.69) is 12.2 Å². The van der Waals surface area contributed by atoms with Gasteiger partial charge in [0.25, 0.3) is 0 Å². The summed E-state index contributed by atoms with van der Waals surface area (Å²) in [5, 5.41) is 3.67. The zero-order valence-corrected chi connectivity index (χ0v) is 11.5. The van der Waals surface area contributed by atoms with Crippen LogP contribution in [0.3, 0.4) is 0 Å². The fraction of sp³-hybridized carbons (Fsp3) is 0.538. The molecule has 0 fully saturated rings. The standard InChI is InChI=1S/C13H18Cl2FN/c1-10(8-14)4-3-7-17-9-11-12(15)5-2-6-13(11)16/h2,5-6,10,17H,3-4,7-9H2,1H3. The molecule has 1 aromatic carbocycles. The summed E-state index contributed by atoms with van der Waals surface area (Å²) in [5.41, 5.74) is 0.541. The summed E-state index contributed by atoms with van der Waals surface area (Å²) in [5.74, 6) is 0.980. The third-order valence-corrected chi connectivity index (χ3v) is 3.56. The highest BCUT2D eigenvalue weighted by atomic mass is 35.5. The molecule has 0 amide bonds. The van der Waals surface area contributed by atoms with Crippen molar-refractivity contribution in [3.8, 4) is 0 Å². The van der Waals surface area contributed by atoms with E-state index in [9.17, 15) is 4.39 Å². The molecule has 1 unspecified atom stereocenters. The molecule has 1 aromatic rings. The van der Waals surface area contributed by atoms with Crippen molar-refractivity contribution in [3.05, 3.63) is 34.6 Å². The second-order valence-electron chi connectivity index (χ2n) is 4.28. The van der Waals surface area contributed by atoms with Crippen LogP contribution in [0.1, 0.15) is 25.3 Å². The van der Waals surface area contributed by atoms with Crippen LogP contribution in [-0.4, -0.2) is 12.4 Å². The van der Waals surface area contributed by atoms with Crippen molar-refractivity contribution in [2.24, 2.45) is 5.92 Å². The molecule has 1 atom stereocenters. The molecule has 0 heterocycles. The average Bonchev–Trinajstić information content (AvgIpc) is 2.31. The molecular formula is C13H18Cl2FN. The van der Waals surface area contributed by atoms with Crippen LogP contribution >= 0.6 is 23.2 Å². The minimum absolute atomic E-state index is 0.251. The van der Waals surface area contributed by atoms with Gasteiger partial charge in [0.05, 0.1) is 0 Å². The number of hydrogen-bond donors (Lipinski definition) is 1. The second kappa shape index (κ2) is 7.91. The van der Waals surface area contributed by atoms with Gasteiger partial charge in [-0.3, -0.25) is 0 Å². The van der Waals surface area contributed by atoms with E-state index in [0.717, 1.165) is 19.4 Å². The third-order valence-electron chi connectivity index (χ3n) is 2.68. The van der Waals surface area contributed by atoms with Gasteiger partial charge in [0.15, 0.2) is 0 Å². The van der Waals surface area contributed by atoms with Crippen molar-refractivity contribution < 1.29 is 4.39 Å². The summed E-state index contributed by atoms with van der Waals surface area (Å²) in [6.45, 7) is 3.45. The zero-order chi connectivity index (χ0) is 12.7. The number of alkyl halides is 1. The minimum Gasteiger partial charge on any atom is -0.313 e. The Balaban J connectivity index is 2.27. The number of nitrogens with one attached hydrogen (secondary N) is 1. The van der Waals surface area contributed by atoms with Gasteiger partial charge >= 0.3 is 0 Å². The van der Waals surface area contributed by atoms with Crippen LogP contribution in [0.4, 0.5) is 4.39 Å². The lowest BCUT2D eigenvalue weighted by molar-refractivity contribution is 0.524. The van der Waals surface area contributed by atoms with Crippen LogP contribution in [-0.2, 0) is 6.54 Å². The monoisotopic (exact) mass is 277 g/mol. The molecule has 0 bridgehead atoms. The lowest BCUT2D eigenvalue weighted by atomic mass is 10.1. The highest BCUT2D eigenvalue weighted by molar-refractivity contribution is 6.31. The Morgan fingerprint density at radius 1 is 1.41 bits per heavy atom. The Morgan fingerprint density at radius 2 is 2.18 bits per heavy atom. The van der Waals surface area contributed by atoms with Gasteiger partial charge in [0.1, 0.15) is 5.82 Å². The predicted octanol–water partition coefficient (Wildman–Crippen LogP) is 4.22. The molecule has 4 heteroatoms. The molecule has 1 nitrogen and oxygen atoms in total. The van der Waals surface area contributed by atoms with Crippen LogP contribution in [0.15, 0.2) is 18.2 Å². The lowest BCUT2D eigenvalue weighted by Gasteiger charge is -2.09. The highest BCUT2D eigenvalue weighted by Gasteiger charge is 2.06. The maximum absolute atomic E-state index is 13.4. The Kier molecular flexibility index (Phi) is 6.86. The van der Waals surface area contributed by atoms with Crippen molar-refractivity contribution in [2.45, 2.75) is 26.3 Å². The molecule has 96 valence electrons. The molecule has 1 rings (SSSR count). The lowest BCUT2D eigenvalue weighted by Crippen LogP contribution is -2.16. The van der Waals surface area contributed by atoms with Gasteiger partial charge in [-0.25, -0.2) is 4.39 Å². The Hall–Kier alpha value is -0.310. The average molecular weight is 278 g/mol. The number of benzene rings is 1. The van der Waals surface area contributed by atoms with Gasteiger partial charge in [0, 0.05) is 23.0 Å². The largest absolute Gasteiger partial charge is 0.313 e. The van der Waals surface area contributed by atoms with Gasteiger partial charge in [-0.1, -0.05) is 24.6 Å². The summed E-state index contributed by atoms with van der Waals surface area (Å²) >= 11 is 11.6. The highest BCUT2D eigenvalue weighted by Crippen LogP contribution is 2.18. The smallest absolute Gasteiger partial charge is 0.129 e. The summed E-state index contributed by atoms with van der Waals surface area (Å²) < 4.78 is 13.4. The summed E-state index contributed by atoms with van der Waals surface area (Å²) in [6, 6.07) is 4.75. The quantitative estimate of drug-likeness (QED) is 0.581. The van der Waals surface area contributed by atoms with Crippen LogP contribution in [0.2, 0.25) is 5.02 Å². The number of hydrogen-bond acceptors (Lipinski definition) is 1. The van der Waals surface area contributed by atoms with Crippen molar-refractivity contribution in [2.75, 3.05) is 12.4 Å². The van der Waals surface area contributed by atoms with Crippen LogP contribution in [0, 0.1) is 11.7 Å². The molecule has 17 heavy (non-hydrogen) atoms. The molecule has 0 radical (unpaired) electrons. The van der Waals surface area contributed by atoms with Crippen molar-refractivity contribution >= 4 is 23.2 Å². The van der Waals surface area contributed by atoms with Gasteiger partial charge in [-0.05, 0) is 37.4 Å². The van der Waals surface area contributed by atoms with Gasteiger partial charge in [-0.2, -0.15) is 0 Å². The Bertz CT molecular complexity index is 324. The molecule has 0 aromatic heterocycles. The third kappa shape index (κ3) is 5.24. The van der Waals surface area contributed by atoms with E-state index in [0.29, 0.717) is 28.9 Å². The summed E-state index contributed by atoms with van der Waals surface area (Å²) in [7, 11) is 0. The van der Waals surface area contributed by atoms with E-state index in [1.165, 1.54) is 6.07 Å². The first-order valence-electron chi connectivity index (χ1n) is 5.84. The van der Waals surface area contributed by atoms with Crippen LogP contribution in [0.5, 0.6) is 0 Å². The van der Waals surface area contributed by atoms with E-state index in [1.807, 2.05) is 0 Å². The first-order valence-corrected chi connectivity index (χ1v) is 6.76. The van der Waals surface area contributed by atoms with Crippen molar-refractivity contribution in [3.63, 3.8) is 0 Å². The SMILES string of the molecule is CC(CCl)CCCNCc1c(F)cccc1Cl. The molecule has 0 aliphatic carbocycles. The number of rotatable bonds is 7. The fourth-order valence-electron chi connectivity index (χ4n) is 1.57. The molecule has 0 spiro atoms. The first-order chi connectivity index (χ1) is 8.15.